The average Bonchev–Trinajstić information content (AvgIpc) is 3.39. The van der Waals surface area contributed by atoms with Crippen LogP contribution in [-0.4, -0.2) is 14.8 Å². The van der Waals surface area contributed by atoms with Gasteiger partial charge in [0.05, 0.1) is 5.69 Å². The highest BCUT2D eigenvalue weighted by atomic mass is 32.1. The maximum Gasteiger partial charge on any atom is 0.183 e. The van der Waals surface area contributed by atoms with Crippen LogP contribution in [0.25, 0.3) is 5.69 Å². The van der Waals surface area contributed by atoms with E-state index in [1.807, 2.05) is 23.1 Å². The number of nitrogens with one attached hydrogen (secondary N) is 1. The molecule has 2 aromatic heterocycles. The molecule has 0 aliphatic rings. The van der Waals surface area contributed by atoms with Crippen LogP contribution in [-0.2, 0) is 13.0 Å². The summed E-state index contributed by atoms with van der Waals surface area (Å²) >= 11 is 1.71. The molecule has 0 saturated heterocycles. The van der Waals surface area contributed by atoms with Crippen molar-refractivity contribution < 1.29 is 0 Å². The third-order valence-electron chi connectivity index (χ3n) is 4.70. The molecule has 2 heterocycles. The molecule has 5 heteroatoms. The Hall–Kier alpha value is -2.92. The van der Waals surface area contributed by atoms with Crippen molar-refractivity contribution >= 4 is 16.5 Å². The van der Waals surface area contributed by atoms with E-state index in [0.717, 1.165) is 23.8 Å². The minimum atomic E-state index is 0.565. The second-order valence-electron chi connectivity index (χ2n) is 7.18. The van der Waals surface area contributed by atoms with Crippen LogP contribution >= 0.6 is 11.3 Å². The Morgan fingerprint density at radius 1 is 1.04 bits per heavy atom. The summed E-state index contributed by atoms with van der Waals surface area (Å²) in [6, 6.07) is 19.2. The third kappa shape index (κ3) is 4.49. The van der Waals surface area contributed by atoms with E-state index in [1.54, 1.807) is 17.5 Å². The minimum Gasteiger partial charge on any atom is -0.357 e. The van der Waals surface area contributed by atoms with Crippen molar-refractivity contribution in [2.24, 2.45) is 0 Å². The molecular weight excluding hydrogens is 364 g/mol. The van der Waals surface area contributed by atoms with E-state index in [0.29, 0.717) is 5.92 Å². The molecule has 0 unspecified atom stereocenters. The first-order chi connectivity index (χ1) is 13.7. The molecule has 2 aromatic carbocycles. The minimum absolute atomic E-state index is 0.565. The zero-order valence-corrected chi connectivity index (χ0v) is 17.0. The van der Waals surface area contributed by atoms with Crippen molar-refractivity contribution in [3.05, 3.63) is 94.8 Å². The Balaban J connectivity index is 1.37. The molecular formula is C23H24N4S. The zero-order valence-electron chi connectivity index (χ0n) is 16.2. The number of rotatable bonds is 7. The molecule has 4 nitrogen and oxygen atoms in total. The van der Waals surface area contributed by atoms with Crippen LogP contribution in [0, 0.1) is 0 Å². The van der Waals surface area contributed by atoms with Crippen LogP contribution in [0.1, 0.15) is 41.3 Å². The van der Waals surface area contributed by atoms with Gasteiger partial charge >= 0.3 is 0 Å². The lowest BCUT2D eigenvalue weighted by Crippen LogP contribution is -1.99. The molecule has 0 fully saturated rings. The van der Waals surface area contributed by atoms with Crippen LogP contribution in [0.4, 0.5) is 5.13 Å². The fraction of sp³-hybridized carbons (Fsp3) is 0.217. The first-order valence-electron chi connectivity index (χ1n) is 9.54. The normalized spacial score (nSPS) is 11.1. The number of aromatic nitrogens is 3. The van der Waals surface area contributed by atoms with Crippen LogP contribution in [0.3, 0.4) is 0 Å². The predicted molar refractivity (Wildman–Crippen MR) is 116 cm³/mol. The number of benzene rings is 2. The van der Waals surface area contributed by atoms with Gasteiger partial charge in [-0.05, 0) is 40.8 Å². The van der Waals surface area contributed by atoms with E-state index in [1.165, 1.54) is 21.6 Å². The van der Waals surface area contributed by atoms with Crippen molar-refractivity contribution in [2.45, 2.75) is 32.7 Å². The van der Waals surface area contributed by atoms with E-state index in [-0.39, 0.29) is 0 Å². The first-order valence-corrected chi connectivity index (χ1v) is 10.4. The highest BCUT2D eigenvalue weighted by molar-refractivity contribution is 7.15. The van der Waals surface area contributed by atoms with Gasteiger partial charge in [0.2, 0.25) is 0 Å². The maximum atomic E-state index is 4.54. The second kappa shape index (κ2) is 8.40. The number of thiazole rings is 1. The van der Waals surface area contributed by atoms with Crippen molar-refractivity contribution in [2.75, 3.05) is 5.32 Å². The fourth-order valence-corrected chi connectivity index (χ4v) is 3.94. The van der Waals surface area contributed by atoms with Gasteiger partial charge in [-0.15, -0.1) is 11.3 Å². The predicted octanol–water partition coefficient (Wildman–Crippen LogP) is 5.66. The quantitative estimate of drug-likeness (QED) is 0.444. The Bertz CT molecular complexity index is 1020. The van der Waals surface area contributed by atoms with Gasteiger partial charge in [0.15, 0.2) is 5.13 Å². The van der Waals surface area contributed by atoms with E-state index in [2.05, 4.69) is 77.8 Å². The molecule has 0 bridgehead atoms. The molecule has 0 spiro atoms. The lowest BCUT2D eigenvalue weighted by atomic mass is 10.0. The monoisotopic (exact) mass is 388 g/mol. The number of hydrogen-bond donors (Lipinski definition) is 1. The SMILES string of the molecule is CC(C)c1ccc(CNc2ncc(Cc3cccc(-n4cccn4)c3)s2)cc1. The van der Waals surface area contributed by atoms with Crippen LogP contribution in [0.2, 0.25) is 0 Å². The molecule has 0 radical (unpaired) electrons. The summed E-state index contributed by atoms with van der Waals surface area (Å²) in [4.78, 5) is 5.78. The summed E-state index contributed by atoms with van der Waals surface area (Å²) < 4.78 is 1.88. The molecule has 4 aromatic rings. The topological polar surface area (TPSA) is 42.7 Å². The van der Waals surface area contributed by atoms with Crippen molar-refractivity contribution in [3.63, 3.8) is 0 Å². The summed E-state index contributed by atoms with van der Waals surface area (Å²) in [5, 5.41) is 8.71. The molecule has 28 heavy (non-hydrogen) atoms. The van der Waals surface area contributed by atoms with Gasteiger partial charge < -0.3 is 5.32 Å². The standard InChI is InChI=1S/C23H24N4S/c1-17(2)20-9-7-18(8-10-20)15-24-23-25-16-22(28-23)14-19-5-3-6-21(13-19)27-12-4-11-26-27/h3-13,16-17H,14-15H2,1-2H3,(H,24,25). The van der Waals surface area contributed by atoms with Crippen molar-refractivity contribution in [1.29, 1.82) is 0 Å². The molecule has 0 atom stereocenters. The van der Waals surface area contributed by atoms with Crippen molar-refractivity contribution in [3.8, 4) is 5.69 Å². The molecule has 142 valence electrons. The van der Waals surface area contributed by atoms with E-state index in [9.17, 15) is 0 Å². The Morgan fingerprint density at radius 3 is 2.64 bits per heavy atom. The van der Waals surface area contributed by atoms with Gasteiger partial charge in [0.1, 0.15) is 0 Å². The van der Waals surface area contributed by atoms with Gasteiger partial charge in [-0.25, -0.2) is 9.67 Å². The largest absolute Gasteiger partial charge is 0.357 e. The van der Waals surface area contributed by atoms with E-state index >= 15 is 0 Å². The van der Waals surface area contributed by atoms with Gasteiger partial charge in [-0.1, -0.05) is 50.2 Å². The van der Waals surface area contributed by atoms with Gasteiger partial charge in [0.25, 0.3) is 0 Å². The molecule has 4 rings (SSSR count). The summed E-state index contributed by atoms with van der Waals surface area (Å²) in [5.74, 6) is 0.565. The van der Waals surface area contributed by atoms with Crippen LogP contribution < -0.4 is 5.32 Å². The lowest BCUT2D eigenvalue weighted by Gasteiger charge is -2.07. The summed E-state index contributed by atoms with van der Waals surface area (Å²) in [6.07, 6.45) is 6.60. The third-order valence-corrected chi connectivity index (χ3v) is 5.66. The zero-order chi connectivity index (χ0) is 19.3. The fourth-order valence-electron chi connectivity index (χ4n) is 3.10. The molecule has 0 aliphatic heterocycles. The van der Waals surface area contributed by atoms with E-state index < -0.39 is 0 Å². The first kappa shape index (κ1) is 18.4. The highest BCUT2D eigenvalue weighted by Gasteiger charge is 2.05. The summed E-state index contributed by atoms with van der Waals surface area (Å²) in [7, 11) is 0. The lowest BCUT2D eigenvalue weighted by molar-refractivity contribution is 0.865. The molecule has 1 N–H and O–H groups in total. The number of anilines is 1. The number of hydrogen-bond acceptors (Lipinski definition) is 4. The highest BCUT2D eigenvalue weighted by Crippen LogP contribution is 2.23. The molecule has 0 amide bonds. The van der Waals surface area contributed by atoms with Gasteiger partial charge in [0, 0.05) is 36.4 Å². The maximum absolute atomic E-state index is 4.54. The van der Waals surface area contributed by atoms with E-state index in [4.69, 9.17) is 0 Å². The Kier molecular flexibility index (Phi) is 5.53. The van der Waals surface area contributed by atoms with Gasteiger partial charge in [-0.3, -0.25) is 0 Å². The molecule has 0 aliphatic carbocycles. The number of nitrogens with zero attached hydrogens (tertiary/aromatic N) is 3. The van der Waals surface area contributed by atoms with Crippen LogP contribution in [0.5, 0.6) is 0 Å². The van der Waals surface area contributed by atoms with Gasteiger partial charge in [-0.2, -0.15) is 5.10 Å². The van der Waals surface area contributed by atoms with Crippen molar-refractivity contribution in [1.82, 2.24) is 14.8 Å². The van der Waals surface area contributed by atoms with Crippen LogP contribution in [0.15, 0.2) is 73.2 Å². The smallest absolute Gasteiger partial charge is 0.183 e. The average molecular weight is 389 g/mol. The second-order valence-corrected chi connectivity index (χ2v) is 8.29. The summed E-state index contributed by atoms with van der Waals surface area (Å²) in [5.41, 5.74) is 4.98. The Morgan fingerprint density at radius 2 is 1.89 bits per heavy atom. The Labute approximate surface area is 169 Å². The molecule has 0 saturated carbocycles. The summed E-state index contributed by atoms with van der Waals surface area (Å²) in [6.45, 7) is 5.23.